The minimum absolute atomic E-state index is 0.0652. The molecule has 0 atom stereocenters. The molecule has 2 heterocycles. The number of hydrogen-bond donors (Lipinski definition) is 1. The molecule has 1 N–H and O–H groups in total. The van der Waals surface area contributed by atoms with Gasteiger partial charge in [0.15, 0.2) is 5.82 Å². The number of carboxylic acid groups (broad SMARTS) is 1. The van der Waals surface area contributed by atoms with E-state index in [2.05, 4.69) is 15.2 Å². The summed E-state index contributed by atoms with van der Waals surface area (Å²) in [5, 5.41) is 18.5. The van der Waals surface area contributed by atoms with Crippen LogP contribution in [0.1, 0.15) is 12.5 Å². The fourth-order valence-electron chi connectivity index (χ4n) is 3.15. The van der Waals surface area contributed by atoms with Gasteiger partial charge in [0.25, 0.3) is 0 Å². The third-order valence-corrected chi connectivity index (χ3v) is 5.56. The van der Waals surface area contributed by atoms with Gasteiger partial charge in [-0.15, -0.1) is 5.10 Å². The summed E-state index contributed by atoms with van der Waals surface area (Å²) in [5.41, 5.74) is 0.876. The van der Waals surface area contributed by atoms with E-state index < -0.39 is 6.09 Å². The zero-order chi connectivity index (χ0) is 21.0. The van der Waals surface area contributed by atoms with Gasteiger partial charge in [-0.1, -0.05) is 34.5 Å². The quantitative estimate of drug-likeness (QED) is 0.739. The highest BCUT2D eigenvalue weighted by Gasteiger charge is 2.22. The van der Waals surface area contributed by atoms with Crippen LogP contribution in [0.2, 0.25) is 10.0 Å². The monoisotopic (exact) mass is 440 g/mol. The van der Waals surface area contributed by atoms with Crippen LogP contribution >= 0.6 is 23.2 Å². The Morgan fingerprint density at radius 1 is 1.17 bits per heavy atom. The van der Waals surface area contributed by atoms with E-state index >= 15 is 0 Å². The average Bonchev–Trinajstić information content (AvgIpc) is 3.13. The standard InChI is InChI=1S/C18H22Cl2N6O3/c1-13(27)24-7-4-23(5-8-24)6-9-26(18(28)29)17-12-25(22-21-17)11-14-2-3-15(19)16(20)10-14/h2-3,10,12H,4-9,11H2,1H3,(H,28,29). The van der Waals surface area contributed by atoms with Gasteiger partial charge in [0.2, 0.25) is 5.91 Å². The first-order valence-corrected chi connectivity index (χ1v) is 9.91. The largest absolute Gasteiger partial charge is 0.465 e. The maximum Gasteiger partial charge on any atom is 0.413 e. The van der Waals surface area contributed by atoms with Crippen molar-refractivity contribution >= 4 is 41.0 Å². The van der Waals surface area contributed by atoms with Crippen LogP contribution in [0, 0.1) is 0 Å². The Morgan fingerprint density at radius 2 is 1.90 bits per heavy atom. The molecule has 1 aromatic heterocycles. The highest BCUT2D eigenvalue weighted by Crippen LogP contribution is 2.23. The Labute approximate surface area is 178 Å². The topological polar surface area (TPSA) is 94.8 Å². The maximum atomic E-state index is 11.7. The smallest absolute Gasteiger partial charge is 0.413 e. The first kappa shape index (κ1) is 21.4. The number of carbonyl (C=O) groups is 2. The Bertz CT molecular complexity index is 882. The van der Waals surface area contributed by atoms with Gasteiger partial charge < -0.3 is 10.0 Å². The van der Waals surface area contributed by atoms with Crippen LogP contribution in [0.5, 0.6) is 0 Å². The normalized spacial score (nSPS) is 14.8. The van der Waals surface area contributed by atoms with Crippen LogP contribution in [0.3, 0.4) is 0 Å². The molecule has 1 aliphatic heterocycles. The lowest BCUT2D eigenvalue weighted by molar-refractivity contribution is -0.130. The van der Waals surface area contributed by atoms with E-state index in [-0.39, 0.29) is 18.3 Å². The molecule has 3 rings (SSSR count). The summed E-state index contributed by atoms with van der Waals surface area (Å²) in [6.07, 6.45) is 0.499. The first-order valence-electron chi connectivity index (χ1n) is 9.16. The predicted octanol–water partition coefficient (Wildman–Crippen LogP) is 2.28. The second-order valence-corrected chi connectivity index (χ2v) is 7.62. The van der Waals surface area contributed by atoms with Crippen LogP contribution in [0.4, 0.5) is 10.6 Å². The molecule has 1 saturated heterocycles. The molecular formula is C18H22Cl2N6O3. The fraction of sp³-hybridized carbons (Fsp3) is 0.444. The van der Waals surface area contributed by atoms with Gasteiger partial charge in [0.1, 0.15) is 0 Å². The molecule has 9 nitrogen and oxygen atoms in total. The Balaban J connectivity index is 1.59. The molecule has 0 aliphatic carbocycles. The highest BCUT2D eigenvalue weighted by atomic mass is 35.5. The Morgan fingerprint density at radius 3 is 2.52 bits per heavy atom. The van der Waals surface area contributed by atoms with Gasteiger partial charge in [0.05, 0.1) is 22.8 Å². The number of anilines is 1. The van der Waals surface area contributed by atoms with Crippen molar-refractivity contribution in [2.45, 2.75) is 13.5 Å². The van der Waals surface area contributed by atoms with Crippen LogP contribution < -0.4 is 4.90 Å². The predicted molar refractivity (Wildman–Crippen MR) is 110 cm³/mol. The van der Waals surface area contributed by atoms with Gasteiger partial charge in [-0.05, 0) is 17.7 Å². The lowest BCUT2D eigenvalue weighted by Crippen LogP contribution is -2.50. The van der Waals surface area contributed by atoms with Crippen LogP contribution in [0.15, 0.2) is 24.4 Å². The van der Waals surface area contributed by atoms with Crippen molar-refractivity contribution in [3.05, 3.63) is 40.0 Å². The van der Waals surface area contributed by atoms with E-state index in [0.29, 0.717) is 36.2 Å². The molecule has 29 heavy (non-hydrogen) atoms. The summed E-state index contributed by atoms with van der Waals surface area (Å²) >= 11 is 12.0. The van der Waals surface area contributed by atoms with Crippen molar-refractivity contribution in [1.82, 2.24) is 24.8 Å². The molecule has 1 fully saturated rings. The SMILES string of the molecule is CC(=O)N1CCN(CCN(C(=O)O)c2cn(Cc3ccc(Cl)c(Cl)c3)nn2)CC1. The van der Waals surface area contributed by atoms with Crippen LogP contribution in [-0.2, 0) is 11.3 Å². The number of halogens is 2. The third kappa shape index (κ3) is 5.59. The Kier molecular flexibility index (Phi) is 6.94. The molecule has 0 spiro atoms. The summed E-state index contributed by atoms with van der Waals surface area (Å²) in [7, 11) is 0. The summed E-state index contributed by atoms with van der Waals surface area (Å²) in [6, 6.07) is 5.26. The van der Waals surface area contributed by atoms with Crippen LogP contribution in [-0.4, -0.2) is 81.2 Å². The van der Waals surface area contributed by atoms with Crippen molar-refractivity contribution in [3.8, 4) is 0 Å². The lowest BCUT2D eigenvalue weighted by atomic mass is 10.2. The van der Waals surface area contributed by atoms with Crippen molar-refractivity contribution in [1.29, 1.82) is 0 Å². The molecule has 2 amide bonds. The van der Waals surface area contributed by atoms with Gasteiger partial charge in [-0.2, -0.15) is 0 Å². The minimum atomic E-state index is -1.09. The second-order valence-electron chi connectivity index (χ2n) is 6.80. The molecule has 156 valence electrons. The lowest BCUT2D eigenvalue weighted by Gasteiger charge is -2.34. The Hall–Kier alpha value is -2.36. The molecule has 0 radical (unpaired) electrons. The summed E-state index contributed by atoms with van der Waals surface area (Å²) in [5.74, 6) is 0.329. The van der Waals surface area contributed by atoms with E-state index in [9.17, 15) is 14.7 Å². The number of hydrogen-bond acceptors (Lipinski definition) is 5. The zero-order valence-electron chi connectivity index (χ0n) is 16.0. The second kappa shape index (κ2) is 9.43. The van der Waals surface area contributed by atoms with E-state index in [1.54, 1.807) is 34.8 Å². The summed E-state index contributed by atoms with van der Waals surface area (Å²) in [6.45, 7) is 5.52. The number of benzene rings is 1. The number of amides is 2. The molecule has 2 aromatic rings. The first-order chi connectivity index (χ1) is 13.8. The highest BCUT2D eigenvalue weighted by molar-refractivity contribution is 6.42. The van der Waals surface area contributed by atoms with Crippen molar-refractivity contribution in [2.75, 3.05) is 44.2 Å². The number of piperazine rings is 1. The molecule has 0 bridgehead atoms. The van der Waals surface area contributed by atoms with E-state index in [1.165, 1.54) is 4.90 Å². The van der Waals surface area contributed by atoms with Crippen molar-refractivity contribution < 1.29 is 14.7 Å². The number of rotatable bonds is 6. The molecule has 0 unspecified atom stereocenters. The molecular weight excluding hydrogens is 419 g/mol. The fourth-order valence-corrected chi connectivity index (χ4v) is 3.47. The summed E-state index contributed by atoms with van der Waals surface area (Å²) < 4.78 is 1.55. The van der Waals surface area contributed by atoms with Gasteiger partial charge in [0, 0.05) is 46.2 Å². The zero-order valence-corrected chi connectivity index (χ0v) is 17.5. The molecule has 0 saturated carbocycles. The van der Waals surface area contributed by atoms with Crippen molar-refractivity contribution in [2.24, 2.45) is 0 Å². The molecule has 11 heteroatoms. The van der Waals surface area contributed by atoms with Gasteiger partial charge >= 0.3 is 6.09 Å². The van der Waals surface area contributed by atoms with E-state index in [4.69, 9.17) is 23.2 Å². The third-order valence-electron chi connectivity index (χ3n) is 4.82. The maximum absolute atomic E-state index is 11.7. The summed E-state index contributed by atoms with van der Waals surface area (Å²) in [4.78, 5) is 28.2. The molecule has 1 aromatic carbocycles. The number of carbonyl (C=O) groups excluding carboxylic acids is 1. The molecule has 1 aliphatic rings. The van der Waals surface area contributed by atoms with E-state index in [1.807, 2.05) is 6.07 Å². The van der Waals surface area contributed by atoms with Gasteiger partial charge in [-0.3, -0.25) is 14.6 Å². The average molecular weight is 441 g/mol. The van der Waals surface area contributed by atoms with E-state index in [0.717, 1.165) is 18.7 Å². The number of nitrogens with zero attached hydrogens (tertiary/aromatic N) is 6. The van der Waals surface area contributed by atoms with Crippen molar-refractivity contribution in [3.63, 3.8) is 0 Å². The van der Waals surface area contributed by atoms with Gasteiger partial charge in [-0.25, -0.2) is 9.48 Å². The number of aromatic nitrogens is 3. The van der Waals surface area contributed by atoms with Crippen LogP contribution in [0.25, 0.3) is 0 Å². The minimum Gasteiger partial charge on any atom is -0.465 e.